The molecule has 2 rings (SSSR count). The maximum atomic E-state index is 13.7. The predicted molar refractivity (Wildman–Crippen MR) is 67.0 cm³/mol. The first kappa shape index (κ1) is 11.7. The Hall–Kier alpha value is -0.780. The molecule has 1 atom stereocenters. The Labute approximate surface area is 105 Å². The van der Waals surface area contributed by atoms with Crippen LogP contribution in [0.1, 0.15) is 22.3 Å². The fourth-order valence-electron chi connectivity index (χ4n) is 1.40. The fourth-order valence-corrected chi connectivity index (χ4v) is 2.55. The Morgan fingerprint density at radius 1 is 1.50 bits per heavy atom. The SMILES string of the molecule is Cc1csc(C(N)c2ccc(Br)cc2F)n1. The first-order valence-electron chi connectivity index (χ1n) is 4.70. The molecule has 2 aromatic rings. The third-order valence-corrected chi connectivity index (χ3v) is 3.74. The summed E-state index contributed by atoms with van der Waals surface area (Å²) in [5.74, 6) is -0.310. The zero-order valence-corrected chi connectivity index (χ0v) is 11.0. The molecule has 0 saturated heterocycles. The van der Waals surface area contributed by atoms with E-state index in [2.05, 4.69) is 20.9 Å². The zero-order chi connectivity index (χ0) is 11.7. The van der Waals surface area contributed by atoms with Crippen LogP contribution in [0, 0.1) is 12.7 Å². The van der Waals surface area contributed by atoms with Crippen LogP contribution in [-0.4, -0.2) is 4.98 Å². The Morgan fingerprint density at radius 2 is 2.25 bits per heavy atom. The van der Waals surface area contributed by atoms with Gasteiger partial charge in [0.1, 0.15) is 10.8 Å². The van der Waals surface area contributed by atoms with E-state index in [1.807, 2.05) is 12.3 Å². The summed E-state index contributed by atoms with van der Waals surface area (Å²) in [7, 11) is 0. The number of thiazole rings is 1. The van der Waals surface area contributed by atoms with Gasteiger partial charge in [0.05, 0.1) is 6.04 Å². The van der Waals surface area contributed by atoms with Crippen LogP contribution in [0.25, 0.3) is 0 Å². The lowest BCUT2D eigenvalue weighted by atomic mass is 10.1. The minimum absolute atomic E-state index is 0.310. The average molecular weight is 301 g/mol. The number of hydrogen-bond donors (Lipinski definition) is 1. The van der Waals surface area contributed by atoms with Crippen molar-refractivity contribution in [1.82, 2.24) is 4.98 Å². The van der Waals surface area contributed by atoms with Gasteiger partial charge >= 0.3 is 0 Å². The van der Waals surface area contributed by atoms with E-state index in [0.717, 1.165) is 10.7 Å². The molecule has 0 aliphatic carbocycles. The van der Waals surface area contributed by atoms with Crippen molar-refractivity contribution in [3.8, 4) is 0 Å². The lowest BCUT2D eigenvalue weighted by Gasteiger charge is -2.10. The van der Waals surface area contributed by atoms with E-state index in [1.54, 1.807) is 12.1 Å². The van der Waals surface area contributed by atoms with Crippen molar-refractivity contribution < 1.29 is 4.39 Å². The minimum Gasteiger partial charge on any atom is -0.318 e. The van der Waals surface area contributed by atoms with Gasteiger partial charge in [-0.15, -0.1) is 11.3 Å². The zero-order valence-electron chi connectivity index (χ0n) is 8.58. The summed E-state index contributed by atoms with van der Waals surface area (Å²) in [6.07, 6.45) is 0. The molecule has 0 bridgehead atoms. The van der Waals surface area contributed by atoms with E-state index in [4.69, 9.17) is 5.73 Å². The molecule has 2 N–H and O–H groups in total. The molecule has 1 aromatic carbocycles. The fraction of sp³-hybridized carbons (Fsp3) is 0.182. The van der Waals surface area contributed by atoms with E-state index in [0.29, 0.717) is 10.0 Å². The molecule has 5 heteroatoms. The molecule has 0 saturated carbocycles. The van der Waals surface area contributed by atoms with Gasteiger partial charge in [0.15, 0.2) is 0 Å². The number of aryl methyl sites for hydroxylation is 1. The van der Waals surface area contributed by atoms with E-state index in [1.165, 1.54) is 17.4 Å². The van der Waals surface area contributed by atoms with Crippen molar-refractivity contribution in [3.05, 3.63) is 50.1 Å². The van der Waals surface area contributed by atoms with Gasteiger partial charge in [-0.1, -0.05) is 22.0 Å². The average Bonchev–Trinajstić information content (AvgIpc) is 2.64. The molecule has 0 fully saturated rings. The van der Waals surface area contributed by atoms with Crippen molar-refractivity contribution in [2.45, 2.75) is 13.0 Å². The van der Waals surface area contributed by atoms with Crippen LogP contribution in [0.3, 0.4) is 0 Å². The summed E-state index contributed by atoms with van der Waals surface area (Å²) >= 11 is 4.66. The Kier molecular flexibility index (Phi) is 3.37. The molecular weight excluding hydrogens is 291 g/mol. The Morgan fingerprint density at radius 3 is 2.81 bits per heavy atom. The van der Waals surface area contributed by atoms with Gasteiger partial charge in [-0.3, -0.25) is 0 Å². The second-order valence-electron chi connectivity index (χ2n) is 3.47. The third-order valence-electron chi connectivity index (χ3n) is 2.20. The van der Waals surface area contributed by atoms with Crippen molar-refractivity contribution in [2.24, 2.45) is 5.73 Å². The van der Waals surface area contributed by atoms with Crippen LogP contribution < -0.4 is 5.73 Å². The van der Waals surface area contributed by atoms with E-state index < -0.39 is 6.04 Å². The Balaban J connectivity index is 2.37. The molecule has 0 amide bonds. The molecule has 0 aliphatic rings. The number of benzene rings is 1. The maximum absolute atomic E-state index is 13.7. The molecule has 0 radical (unpaired) electrons. The summed E-state index contributed by atoms with van der Waals surface area (Å²) in [4.78, 5) is 4.27. The van der Waals surface area contributed by atoms with Gasteiger partial charge < -0.3 is 5.73 Å². The molecule has 0 spiro atoms. The summed E-state index contributed by atoms with van der Waals surface area (Å²) in [5.41, 5.74) is 7.35. The number of rotatable bonds is 2. The lowest BCUT2D eigenvalue weighted by Crippen LogP contribution is -2.13. The number of aromatic nitrogens is 1. The number of halogens is 2. The summed E-state index contributed by atoms with van der Waals surface area (Å²) < 4.78 is 14.4. The number of hydrogen-bond acceptors (Lipinski definition) is 3. The third kappa shape index (κ3) is 2.31. The van der Waals surface area contributed by atoms with Crippen molar-refractivity contribution in [3.63, 3.8) is 0 Å². The molecule has 2 nitrogen and oxygen atoms in total. The Bertz CT molecular complexity index is 512. The van der Waals surface area contributed by atoms with E-state index in [9.17, 15) is 4.39 Å². The largest absolute Gasteiger partial charge is 0.318 e. The second kappa shape index (κ2) is 4.61. The van der Waals surface area contributed by atoms with Gasteiger partial charge in [0.2, 0.25) is 0 Å². The van der Waals surface area contributed by atoms with Crippen LogP contribution >= 0.6 is 27.3 Å². The molecule has 1 aromatic heterocycles. The van der Waals surface area contributed by atoms with Crippen LogP contribution in [-0.2, 0) is 0 Å². The normalized spacial score (nSPS) is 12.8. The van der Waals surface area contributed by atoms with Crippen LogP contribution in [0.4, 0.5) is 4.39 Å². The second-order valence-corrected chi connectivity index (χ2v) is 5.28. The summed E-state index contributed by atoms with van der Waals surface area (Å²) in [5, 5.41) is 2.64. The quantitative estimate of drug-likeness (QED) is 0.923. The van der Waals surface area contributed by atoms with Gasteiger partial charge in [-0.2, -0.15) is 0 Å². The molecule has 84 valence electrons. The molecule has 1 heterocycles. The monoisotopic (exact) mass is 300 g/mol. The minimum atomic E-state index is -0.494. The van der Waals surface area contributed by atoms with Crippen molar-refractivity contribution in [2.75, 3.05) is 0 Å². The maximum Gasteiger partial charge on any atom is 0.129 e. The summed E-state index contributed by atoms with van der Waals surface area (Å²) in [6.45, 7) is 1.89. The summed E-state index contributed by atoms with van der Waals surface area (Å²) in [6, 6.07) is 4.38. The van der Waals surface area contributed by atoms with Crippen LogP contribution in [0.15, 0.2) is 28.1 Å². The highest BCUT2D eigenvalue weighted by molar-refractivity contribution is 9.10. The van der Waals surface area contributed by atoms with Gasteiger partial charge in [-0.25, -0.2) is 9.37 Å². The first-order valence-corrected chi connectivity index (χ1v) is 6.38. The van der Waals surface area contributed by atoms with Gasteiger partial charge in [-0.05, 0) is 19.1 Å². The van der Waals surface area contributed by atoms with Crippen molar-refractivity contribution in [1.29, 1.82) is 0 Å². The first-order chi connectivity index (χ1) is 7.58. The van der Waals surface area contributed by atoms with Crippen LogP contribution in [0.2, 0.25) is 0 Å². The van der Waals surface area contributed by atoms with Gasteiger partial charge in [0.25, 0.3) is 0 Å². The standard InChI is InChI=1S/C11H10BrFN2S/c1-6-5-16-11(15-6)10(14)8-3-2-7(12)4-9(8)13/h2-5,10H,14H2,1H3. The number of nitrogens with two attached hydrogens (primary N) is 1. The smallest absolute Gasteiger partial charge is 0.129 e. The topological polar surface area (TPSA) is 38.9 Å². The molecule has 16 heavy (non-hydrogen) atoms. The van der Waals surface area contributed by atoms with E-state index >= 15 is 0 Å². The lowest BCUT2D eigenvalue weighted by molar-refractivity contribution is 0.598. The number of nitrogens with zero attached hydrogens (tertiary/aromatic N) is 1. The predicted octanol–water partition coefficient (Wildman–Crippen LogP) is 3.40. The highest BCUT2D eigenvalue weighted by Crippen LogP contribution is 2.26. The molecular formula is C11H10BrFN2S. The van der Waals surface area contributed by atoms with Gasteiger partial charge in [0, 0.05) is 21.1 Å². The highest BCUT2D eigenvalue weighted by Gasteiger charge is 2.16. The highest BCUT2D eigenvalue weighted by atomic mass is 79.9. The van der Waals surface area contributed by atoms with Crippen LogP contribution in [0.5, 0.6) is 0 Å². The molecule has 1 unspecified atom stereocenters. The van der Waals surface area contributed by atoms with Crippen molar-refractivity contribution >= 4 is 27.3 Å². The molecule has 0 aliphatic heterocycles. The van der Waals surface area contributed by atoms with E-state index in [-0.39, 0.29) is 5.82 Å².